The average molecular weight is 286 g/mol. The number of likely N-dealkylation sites (N-methyl/N-ethyl adjacent to an activating group) is 1. The van der Waals surface area contributed by atoms with Crippen molar-refractivity contribution in [3.8, 4) is 0 Å². The highest BCUT2D eigenvalue weighted by atomic mass is 19.4. The first-order valence-corrected chi connectivity index (χ1v) is 6.93. The van der Waals surface area contributed by atoms with E-state index in [9.17, 15) is 13.2 Å². The summed E-state index contributed by atoms with van der Waals surface area (Å²) in [5, 5.41) is 0. The van der Waals surface area contributed by atoms with Crippen LogP contribution in [0.4, 0.5) is 13.2 Å². The van der Waals surface area contributed by atoms with Crippen molar-refractivity contribution in [2.45, 2.75) is 38.0 Å². The molecule has 1 aliphatic carbocycles. The second-order valence-corrected chi connectivity index (χ2v) is 5.60. The SMILES string of the molecule is CC(c1ccc(C(F)(F)F)cc1)N(C)C(CN)C1CC1. The molecule has 2 N–H and O–H groups in total. The normalized spacial score (nSPS) is 19.1. The number of benzene rings is 1. The number of nitrogens with zero attached hydrogens (tertiary/aromatic N) is 1. The lowest BCUT2D eigenvalue weighted by molar-refractivity contribution is -0.137. The number of halogens is 3. The Morgan fingerprint density at radius 1 is 1.25 bits per heavy atom. The summed E-state index contributed by atoms with van der Waals surface area (Å²) in [6.07, 6.45) is -1.88. The summed E-state index contributed by atoms with van der Waals surface area (Å²) in [6, 6.07) is 5.79. The van der Waals surface area contributed by atoms with E-state index in [-0.39, 0.29) is 6.04 Å². The van der Waals surface area contributed by atoms with Crippen LogP contribution in [0.1, 0.15) is 36.9 Å². The summed E-state index contributed by atoms with van der Waals surface area (Å²) in [4.78, 5) is 2.18. The van der Waals surface area contributed by atoms with E-state index in [4.69, 9.17) is 5.73 Å². The zero-order valence-corrected chi connectivity index (χ0v) is 11.8. The number of rotatable bonds is 5. The lowest BCUT2D eigenvalue weighted by Gasteiger charge is -2.33. The minimum absolute atomic E-state index is 0.0615. The average Bonchev–Trinajstić information content (AvgIpc) is 3.22. The van der Waals surface area contributed by atoms with Crippen LogP contribution in [-0.4, -0.2) is 24.5 Å². The molecule has 2 rings (SSSR count). The molecule has 0 heterocycles. The van der Waals surface area contributed by atoms with Crippen molar-refractivity contribution < 1.29 is 13.2 Å². The van der Waals surface area contributed by atoms with Gasteiger partial charge in [0.2, 0.25) is 0 Å². The van der Waals surface area contributed by atoms with Crippen molar-refractivity contribution >= 4 is 0 Å². The van der Waals surface area contributed by atoms with Crippen molar-refractivity contribution in [3.05, 3.63) is 35.4 Å². The molecule has 0 spiro atoms. The molecule has 20 heavy (non-hydrogen) atoms. The summed E-state index contributed by atoms with van der Waals surface area (Å²) in [5.74, 6) is 0.641. The third kappa shape index (κ3) is 3.33. The second kappa shape index (κ2) is 5.74. The van der Waals surface area contributed by atoms with Crippen molar-refractivity contribution in [1.82, 2.24) is 4.90 Å². The molecule has 1 aromatic carbocycles. The minimum Gasteiger partial charge on any atom is -0.329 e. The third-order valence-electron chi connectivity index (χ3n) is 4.26. The summed E-state index contributed by atoms with van der Waals surface area (Å²) < 4.78 is 37.6. The maximum Gasteiger partial charge on any atom is 0.416 e. The molecule has 0 radical (unpaired) electrons. The standard InChI is InChI=1S/C15H21F3N2/c1-10(20(2)14(9-19)12-3-4-12)11-5-7-13(8-6-11)15(16,17)18/h5-8,10,12,14H,3-4,9,19H2,1-2H3. The van der Waals surface area contributed by atoms with Crippen LogP contribution in [0.15, 0.2) is 24.3 Å². The highest BCUT2D eigenvalue weighted by molar-refractivity contribution is 5.26. The number of alkyl halides is 3. The lowest BCUT2D eigenvalue weighted by atomic mass is 10.0. The quantitative estimate of drug-likeness (QED) is 0.898. The maximum atomic E-state index is 12.5. The predicted molar refractivity (Wildman–Crippen MR) is 73.2 cm³/mol. The monoisotopic (exact) mass is 286 g/mol. The van der Waals surface area contributed by atoms with E-state index in [0.717, 1.165) is 17.7 Å². The number of nitrogens with two attached hydrogens (primary N) is 1. The first-order valence-electron chi connectivity index (χ1n) is 6.93. The summed E-state index contributed by atoms with van der Waals surface area (Å²) in [5.41, 5.74) is 6.11. The second-order valence-electron chi connectivity index (χ2n) is 5.60. The molecule has 1 fully saturated rings. The molecule has 2 unspecified atom stereocenters. The number of hydrogen-bond acceptors (Lipinski definition) is 2. The Kier molecular flexibility index (Phi) is 4.39. The minimum atomic E-state index is -4.28. The van der Waals surface area contributed by atoms with Crippen molar-refractivity contribution in [3.63, 3.8) is 0 Å². The Morgan fingerprint density at radius 3 is 2.20 bits per heavy atom. The van der Waals surface area contributed by atoms with E-state index < -0.39 is 11.7 Å². The van der Waals surface area contributed by atoms with Gasteiger partial charge in [-0.1, -0.05) is 12.1 Å². The Balaban J connectivity index is 2.10. The molecule has 1 saturated carbocycles. The zero-order chi connectivity index (χ0) is 14.9. The Morgan fingerprint density at radius 2 is 1.80 bits per heavy atom. The highest BCUT2D eigenvalue weighted by Gasteiger charge is 2.35. The van der Waals surface area contributed by atoms with Gasteiger partial charge in [-0.25, -0.2) is 0 Å². The number of hydrogen-bond donors (Lipinski definition) is 1. The molecule has 1 aliphatic rings. The maximum absolute atomic E-state index is 12.5. The van der Waals surface area contributed by atoms with Crippen LogP contribution in [0.3, 0.4) is 0 Å². The van der Waals surface area contributed by atoms with Crippen LogP contribution in [-0.2, 0) is 6.18 Å². The van der Waals surface area contributed by atoms with Crippen LogP contribution < -0.4 is 5.73 Å². The summed E-state index contributed by atoms with van der Waals surface area (Å²) in [7, 11) is 2.00. The fourth-order valence-electron chi connectivity index (χ4n) is 2.65. The fraction of sp³-hybridized carbons (Fsp3) is 0.600. The molecular weight excluding hydrogens is 265 g/mol. The Bertz CT molecular complexity index is 437. The molecular formula is C15H21F3N2. The third-order valence-corrected chi connectivity index (χ3v) is 4.26. The Hall–Kier alpha value is -1.07. The fourth-order valence-corrected chi connectivity index (χ4v) is 2.65. The van der Waals surface area contributed by atoms with Gasteiger partial charge in [-0.05, 0) is 50.4 Å². The topological polar surface area (TPSA) is 29.3 Å². The molecule has 0 bridgehead atoms. The predicted octanol–water partition coefficient (Wildman–Crippen LogP) is 3.44. The van der Waals surface area contributed by atoms with Gasteiger partial charge in [0, 0.05) is 18.6 Å². The van der Waals surface area contributed by atoms with Gasteiger partial charge in [0.1, 0.15) is 0 Å². The zero-order valence-electron chi connectivity index (χ0n) is 11.8. The highest BCUT2D eigenvalue weighted by Crippen LogP contribution is 2.37. The summed E-state index contributed by atoms with van der Waals surface area (Å²) >= 11 is 0. The van der Waals surface area contributed by atoms with Crippen molar-refractivity contribution in [1.29, 1.82) is 0 Å². The molecule has 112 valence electrons. The van der Waals surface area contributed by atoms with Gasteiger partial charge in [0.05, 0.1) is 5.56 Å². The van der Waals surface area contributed by atoms with E-state index in [1.54, 1.807) is 12.1 Å². The van der Waals surface area contributed by atoms with Gasteiger partial charge in [0.25, 0.3) is 0 Å². The smallest absolute Gasteiger partial charge is 0.329 e. The van der Waals surface area contributed by atoms with E-state index in [0.29, 0.717) is 18.5 Å². The molecule has 2 nitrogen and oxygen atoms in total. The summed E-state index contributed by atoms with van der Waals surface area (Å²) in [6.45, 7) is 2.60. The van der Waals surface area contributed by atoms with Crippen LogP contribution in [0.25, 0.3) is 0 Å². The lowest BCUT2D eigenvalue weighted by Crippen LogP contribution is -2.41. The van der Waals surface area contributed by atoms with E-state index in [1.165, 1.54) is 12.8 Å². The van der Waals surface area contributed by atoms with Crippen molar-refractivity contribution in [2.24, 2.45) is 11.7 Å². The molecule has 0 aliphatic heterocycles. The van der Waals surface area contributed by atoms with Gasteiger partial charge in [-0.2, -0.15) is 13.2 Å². The van der Waals surface area contributed by atoms with Gasteiger partial charge in [0.15, 0.2) is 0 Å². The molecule has 2 atom stereocenters. The molecule has 0 aromatic heterocycles. The molecule has 0 amide bonds. The first kappa shape index (κ1) is 15.3. The van der Waals surface area contributed by atoms with Crippen LogP contribution >= 0.6 is 0 Å². The molecule has 0 saturated heterocycles. The van der Waals surface area contributed by atoms with Gasteiger partial charge < -0.3 is 5.73 Å². The van der Waals surface area contributed by atoms with E-state index in [1.807, 2.05) is 14.0 Å². The first-order chi connectivity index (χ1) is 9.34. The van der Waals surface area contributed by atoms with Gasteiger partial charge >= 0.3 is 6.18 Å². The van der Waals surface area contributed by atoms with Crippen LogP contribution in [0.2, 0.25) is 0 Å². The molecule has 1 aromatic rings. The van der Waals surface area contributed by atoms with Gasteiger partial charge in [-0.3, -0.25) is 4.90 Å². The van der Waals surface area contributed by atoms with Crippen LogP contribution in [0, 0.1) is 5.92 Å². The van der Waals surface area contributed by atoms with E-state index in [2.05, 4.69) is 4.90 Å². The van der Waals surface area contributed by atoms with Crippen LogP contribution in [0.5, 0.6) is 0 Å². The largest absolute Gasteiger partial charge is 0.416 e. The Labute approximate surface area is 117 Å². The van der Waals surface area contributed by atoms with Gasteiger partial charge in [-0.15, -0.1) is 0 Å². The molecule has 5 heteroatoms. The van der Waals surface area contributed by atoms with Crippen molar-refractivity contribution in [2.75, 3.05) is 13.6 Å². The van der Waals surface area contributed by atoms with E-state index >= 15 is 0 Å².